The van der Waals surface area contributed by atoms with Gasteiger partial charge in [0.2, 0.25) is 0 Å². The first-order valence-corrected chi connectivity index (χ1v) is 6.70. The van der Waals surface area contributed by atoms with Crippen molar-refractivity contribution in [1.82, 2.24) is 9.59 Å². The Balaban J connectivity index is 1.81. The minimum atomic E-state index is 0.770. The summed E-state index contributed by atoms with van der Waals surface area (Å²) in [6, 6.07) is 12.5. The fourth-order valence-corrected chi connectivity index (χ4v) is 2.36. The smallest absolute Gasteiger partial charge is 0.130 e. The second-order valence-electron chi connectivity index (χ2n) is 4.18. The molecule has 1 N–H and O–H groups in total. The molecule has 1 aromatic heterocycles. The van der Waals surface area contributed by atoms with Crippen LogP contribution in [0.1, 0.15) is 5.56 Å². The van der Waals surface area contributed by atoms with Crippen molar-refractivity contribution in [2.24, 2.45) is 0 Å². The molecule has 3 rings (SSSR count). The number of methoxy groups -OCH3 is 1. The van der Waals surface area contributed by atoms with E-state index < -0.39 is 0 Å². The van der Waals surface area contributed by atoms with E-state index in [0.717, 1.165) is 17.3 Å². The lowest BCUT2D eigenvalue weighted by Crippen LogP contribution is -1.97. The largest absolute Gasteiger partial charge is 0.497 e. The SMILES string of the molecule is COc1ccc2cc(CNc3cnns3)ccc2c1. The molecule has 0 bridgehead atoms. The van der Waals surface area contributed by atoms with Crippen molar-refractivity contribution in [2.75, 3.05) is 12.4 Å². The van der Waals surface area contributed by atoms with Crippen molar-refractivity contribution in [1.29, 1.82) is 0 Å². The van der Waals surface area contributed by atoms with E-state index in [4.69, 9.17) is 4.74 Å². The number of ether oxygens (including phenoxy) is 1. The van der Waals surface area contributed by atoms with E-state index in [-0.39, 0.29) is 0 Å². The lowest BCUT2D eigenvalue weighted by Gasteiger charge is -2.06. The molecule has 0 saturated carbocycles. The third-order valence-corrected chi connectivity index (χ3v) is 3.56. The van der Waals surface area contributed by atoms with Crippen LogP contribution in [0, 0.1) is 0 Å². The maximum atomic E-state index is 5.22. The minimum Gasteiger partial charge on any atom is -0.497 e. The van der Waals surface area contributed by atoms with Gasteiger partial charge in [-0.1, -0.05) is 22.7 Å². The number of hydrogen-bond acceptors (Lipinski definition) is 5. The molecule has 0 radical (unpaired) electrons. The Morgan fingerprint density at radius 3 is 2.79 bits per heavy atom. The molecule has 19 heavy (non-hydrogen) atoms. The summed E-state index contributed by atoms with van der Waals surface area (Å²) in [5.41, 5.74) is 1.23. The van der Waals surface area contributed by atoms with Gasteiger partial charge in [-0.2, -0.15) is 0 Å². The van der Waals surface area contributed by atoms with Gasteiger partial charge in [0, 0.05) is 18.1 Å². The first-order valence-electron chi connectivity index (χ1n) is 5.93. The Morgan fingerprint density at radius 1 is 1.16 bits per heavy atom. The van der Waals surface area contributed by atoms with E-state index in [1.165, 1.54) is 27.9 Å². The molecular weight excluding hydrogens is 258 g/mol. The van der Waals surface area contributed by atoms with Gasteiger partial charge in [-0.25, -0.2) is 0 Å². The highest BCUT2D eigenvalue weighted by molar-refractivity contribution is 7.09. The number of fused-ring (bicyclic) bond motifs is 1. The van der Waals surface area contributed by atoms with Crippen molar-refractivity contribution in [3.63, 3.8) is 0 Å². The molecule has 0 atom stereocenters. The first kappa shape index (κ1) is 11.9. The van der Waals surface area contributed by atoms with Gasteiger partial charge in [-0.15, -0.1) is 5.10 Å². The molecule has 0 aliphatic rings. The highest BCUT2D eigenvalue weighted by Crippen LogP contribution is 2.22. The predicted molar refractivity (Wildman–Crippen MR) is 77.7 cm³/mol. The molecular formula is C14H13N3OS. The van der Waals surface area contributed by atoms with Crippen LogP contribution >= 0.6 is 11.5 Å². The molecule has 3 aromatic rings. The molecule has 0 aliphatic carbocycles. The van der Waals surface area contributed by atoms with Crippen molar-refractivity contribution in [3.05, 3.63) is 48.2 Å². The molecule has 0 saturated heterocycles. The minimum absolute atomic E-state index is 0.770. The predicted octanol–water partition coefficient (Wildman–Crippen LogP) is 3.31. The van der Waals surface area contributed by atoms with Gasteiger partial charge < -0.3 is 10.1 Å². The number of nitrogens with zero attached hydrogens (tertiary/aromatic N) is 2. The van der Waals surface area contributed by atoms with Gasteiger partial charge in [0.15, 0.2) is 0 Å². The number of anilines is 1. The lowest BCUT2D eigenvalue weighted by molar-refractivity contribution is 0.415. The van der Waals surface area contributed by atoms with Crippen molar-refractivity contribution >= 4 is 27.3 Å². The quantitative estimate of drug-likeness (QED) is 0.790. The summed E-state index contributed by atoms with van der Waals surface area (Å²) < 4.78 is 9.04. The highest BCUT2D eigenvalue weighted by Gasteiger charge is 2.00. The van der Waals surface area contributed by atoms with Crippen LogP contribution in [0.25, 0.3) is 10.8 Å². The first-order chi connectivity index (χ1) is 9.35. The van der Waals surface area contributed by atoms with Gasteiger partial charge in [0.05, 0.1) is 13.3 Å². The molecule has 96 valence electrons. The topological polar surface area (TPSA) is 47.0 Å². The average molecular weight is 271 g/mol. The second-order valence-corrected chi connectivity index (χ2v) is 4.97. The van der Waals surface area contributed by atoms with E-state index in [0.29, 0.717) is 0 Å². The number of hydrogen-bond donors (Lipinski definition) is 1. The molecule has 0 amide bonds. The number of rotatable bonds is 4. The summed E-state index contributed by atoms with van der Waals surface area (Å²) in [5.74, 6) is 0.883. The standard InChI is InChI=1S/C14H13N3OS/c1-18-13-5-4-11-6-10(2-3-12(11)7-13)8-15-14-9-16-17-19-14/h2-7,9,15H,8H2,1H3. The second kappa shape index (κ2) is 5.24. The summed E-state index contributed by atoms with van der Waals surface area (Å²) in [6.07, 6.45) is 1.73. The van der Waals surface area contributed by atoms with Gasteiger partial charge >= 0.3 is 0 Å². The van der Waals surface area contributed by atoms with Gasteiger partial charge in [-0.05, 0) is 34.5 Å². The van der Waals surface area contributed by atoms with Gasteiger partial charge in [0.25, 0.3) is 0 Å². The van der Waals surface area contributed by atoms with Crippen molar-refractivity contribution < 1.29 is 4.74 Å². The van der Waals surface area contributed by atoms with Gasteiger partial charge in [-0.3, -0.25) is 0 Å². The summed E-state index contributed by atoms with van der Waals surface area (Å²) in [5, 5.41) is 10.5. The van der Waals surface area contributed by atoms with Crippen LogP contribution in [0.3, 0.4) is 0 Å². The lowest BCUT2D eigenvalue weighted by atomic mass is 10.1. The molecule has 0 spiro atoms. The Hall–Kier alpha value is -2.14. The maximum absolute atomic E-state index is 5.22. The highest BCUT2D eigenvalue weighted by atomic mass is 32.1. The van der Waals surface area contributed by atoms with E-state index in [1.807, 2.05) is 12.1 Å². The van der Waals surface area contributed by atoms with Crippen LogP contribution in [0.4, 0.5) is 5.00 Å². The molecule has 0 aliphatic heterocycles. The fourth-order valence-electron chi connectivity index (χ4n) is 1.94. The maximum Gasteiger partial charge on any atom is 0.130 e. The van der Waals surface area contributed by atoms with Gasteiger partial charge in [0.1, 0.15) is 10.8 Å². The number of benzene rings is 2. The summed E-state index contributed by atoms with van der Waals surface area (Å²) >= 11 is 1.36. The van der Waals surface area contributed by atoms with E-state index in [9.17, 15) is 0 Å². The van der Waals surface area contributed by atoms with Crippen LogP contribution in [0.2, 0.25) is 0 Å². The Morgan fingerprint density at radius 2 is 2.00 bits per heavy atom. The van der Waals surface area contributed by atoms with Crippen LogP contribution in [-0.2, 0) is 6.54 Å². The monoisotopic (exact) mass is 271 g/mol. The zero-order chi connectivity index (χ0) is 13.1. The summed E-state index contributed by atoms with van der Waals surface area (Å²) in [7, 11) is 1.68. The summed E-state index contributed by atoms with van der Waals surface area (Å²) in [4.78, 5) is 0. The molecule has 0 fully saturated rings. The normalized spacial score (nSPS) is 10.6. The zero-order valence-corrected chi connectivity index (χ0v) is 11.3. The molecule has 4 nitrogen and oxygen atoms in total. The van der Waals surface area contributed by atoms with Crippen LogP contribution in [-0.4, -0.2) is 16.7 Å². The Bertz CT molecular complexity index is 682. The molecule has 1 heterocycles. The third-order valence-electron chi connectivity index (χ3n) is 2.94. The van der Waals surface area contributed by atoms with Crippen molar-refractivity contribution in [2.45, 2.75) is 6.54 Å². The molecule has 0 unspecified atom stereocenters. The van der Waals surface area contributed by atoms with E-state index >= 15 is 0 Å². The molecule has 5 heteroatoms. The number of nitrogens with one attached hydrogen (secondary N) is 1. The van der Waals surface area contributed by atoms with Crippen molar-refractivity contribution in [3.8, 4) is 5.75 Å². The molecule has 2 aromatic carbocycles. The fraction of sp³-hybridized carbons (Fsp3) is 0.143. The number of aromatic nitrogens is 2. The Kier molecular flexibility index (Phi) is 3.29. The van der Waals surface area contributed by atoms with E-state index in [1.54, 1.807) is 13.3 Å². The van der Waals surface area contributed by atoms with Crippen LogP contribution < -0.4 is 10.1 Å². The zero-order valence-electron chi connectivity index (χ0n) is 10.5. The van der Waals surface area contributed by atoms with Crippen LogP contribution in [0.5, 0.6) is 5.75 Å². The summed E-state index contributed by atoms with van der Waals surface area (Å²) in [6.45, 7) is 0.770. The van der Waals surface area contributed by atoms with Crippen LogP contribution in [0.15, 0.2) is 42.6 Å². The third kappa shape index (κ3) is 2.66. The average Bonchev–Trinajstić information content (AvgIpc) is 2.97. The van der Waals surface area contributed by atoms with E-state index in [2.05, 4.69) is 39.2 Å². The Labute approximate surface area is 115 Å².